The first-order valence-corrected chi connectivity index (χ1v) is 7.23. The molecule has 1 rings (SSSR count). The monoisotopic (exact) mass is 245 g/mol. The van der Waals surface area contributed by atoms with E-state index >= 15 is 0 Å². The second-order valence-corrected chi connectivity index (χ2v) is 5.37. The predicted octanol–water partition coefficient (Wildman–Crippen LogP) is 0.277. The molecule has 4 nitrogen and oxygen atoms in total. The van der Waals surface area contributed by atoms with Crippen LogP contribution in [0.2, 0.25) is 0 Å². The lowest BCUT2D eigenvalue weighted by atomic mass is 10.2. The summed E-state index contributed by atoms with van der Waals surface area (Å²) in [5.41, 5.74) is 5.31. The molecule has 1 saturated heterocycles. The van der Waals surface area contributed by atoms with E-state index < -0.39 is 0 Å². The largest absolute Gasteiger partial charge is 0.369 e. The van der Waals surface area contributed by atoms with Crippen molar-refractivity contribution in [2.45, 2.75) is 31.1 Å². The maximum absolute atomic E-state index is 11.1. The van der Waals surface area contributed by atoms with Crippen molar-refractivity contribution in [3.05, 3.63) is 0 Å². The Morgan fingerprint density at radius 3 is 2.88 bits per heavy atom. The van der Waals surface area contributed by atoms with Gasteiger partial charge in [0, 0.05) is 24.4 Å². The van der Waals surface area contributed by atoms with Gasteiger partial charge >= 0.3 is 0 Å². The number of nitrogens with zero attached hydrogens (tertiary/aromatic N) is 1. The molecule has 0 bridgehead atoms. The number of unbranched alkanes of at least 4 members (excludes halogenated alkanes) is 1. The van der Waals surface area contributed by atoms with Crippen LogP contribution in [0.5, 0.6) is 0 Å². The number of hydrogen-bond acceptors (Lipinski definition) is 4. The Balaban J connectivity index is 2.55. The summed E-state index contributed by atoms with van der Waals surface area (Å²) < 4.78 is 0. The number of primary amides is 1. The van der Waals surface area contributed by atoms with Gasteiger partial charge < -0.3 is 11.1 Å². The molecule has 2 unspecified atom stereocenters. The van der Waals surface area contributed by atoms with Crippen molar-refractivity contribution in [3.8, 4) is 0 Å². The van der Waals surface area contributed by atoms with Crippen LogP contribution in [0, 0.1) is 0 Å². The fourth-order valence-corrected chi connectivity index (χ4v) is 3.04. The summed E-state index contributed by atoms with van der Waals surface area (Å²) >= 11 is 1.87. The van der Waals surface area contributed by atoms with Gasteiger partial charge in [-0.25, -0.2) is 0 Å². The van der Waals surface area contributed by atoms with Crippen molar-refractivity contribution < 1.29 is 4.79 Å². The van der Waals surface area contributed by atoms with E-state index in [1.807, 2.05) is 11.8 Å². The first kappa shape index (κ1) is 13.8. The molecule has 0 radical (unpaired) electrons. The number of amides is 1. The van der Waals surface area contributed by atoms with Crippen LogP contribution >= 0.6 is 11.8 Å². The zero-order valence-corrected chi connectivity index (χ0v) is 11.1. The Kier molecular flexibility index (Phi) is 6.16. The van der Waals surface area contributed by atoms with Crippen LogP contribution in [0.15, 0.2) is 0 Å². The summed E-state index contributed by atoms with van der Waals surface area (Å²) in [5.74, 6) is -0.220. The van der Waals surface area contributed by atoms with Crippen LogP contribution in [0.3, 0.4) is 0 Å². The highest BCUT2D eigenvalue weighted by atomic mass is 32.2. The van der Waals surface area contributed by atoms with E-state index in [2.05, 4.69) is 23.4 Å². The molecule has 0 aromatic heterocycles. The van der Waals surface area contributed by atoms with Crippen LogP contribution in [0.1, 0.15) is 19.8 Å². The summed E-state index contributed by atoms with van der Waals surface area (Å²) in [6, 6.07) is 0.453. The van der Waals surface area contributed by atoms with E-state index in [1.165, 1.54) is 0 Å². The fraction of sp³-hybridized carbons (Fsp3) is 0.909. The molecule has 1 amide bonds. The van der Waals surface area contributed by atoms with Gasteiger partial charge in [-0.2, -0.15) is 11.8 Å². The van der Waals surface area contributed by atoms with Crippen molar-refractivity contribution in [2.75, 3.05) is 32.4 Å². The van der Waals surface area contributed by atoms with Gasteiger partial charge in [-0.15, -0.1) is 0 Å². The van der Waals surface area contributed by atoms with Gasteiger partial charge in [0.25, 0.3) is 0 Å². The molecule has 0 aromatic carbocycles. The first-order valence-electron chi connectivity index (χ1n) is 5.95. The number of nitrogens with one attached hydrogen (secondary N) is 1. The zero-order valence-electron chi connectivity index (χ0n) is 10.2. The Morgan fingerprint density at radius 2 is 2.31 bits per heavy atom. The number of carbonyl (C=O) groups excluding carboxylic acids is 1. The van der Waals surface area contributed by atoms with Gasteiger partial charge in [-0.1, -0.05) is 13.3 Å². The molecule has 1 fully saturated rings. The smallest absolute Gasteiger partial charge is 0.231 e. The maximum Gasteiger partial charge on any atom is 0.231 e. The third-order valence-corrected chi connectivity index (χ3v) is 4.14. The van der Waals surface area contributed by atoms with Gasteiger partial charge in [0.1, 0.15) is 0 Å². The summed E-state index contributed by atoms with van der Waals surface area (Å²) in [4.78, 5) is 13.3. The molecule has 0 aromatic rings. The van der Waals surface area contributed by atoms with Gasteiger partial charge in [0.2, 0.25) is 5.91 Å². The van der Waals surface area contributed by atoms with Crippen molar-refractivity contribution in [3.63, 3.8) is 0 Å². The standard InChI is InChI=1S/C11H23N3OS/c1-3-4-5-14(8-11(12)15)9-6-13-7-10(9)16-2/h9-10,13H,3-8H2,1-2H3,(H2,12,15). The summed E-state index contributed by atoms with van der Waals surface area (Å²) in [5, 5.41) is 3.97. The summed E-state index contributed by atoms with van der Waals surface area (Å²) in [7, 11) is 0. The fourth-order valence-electron chi connectivity index (χ4n) is 2.17. The lowest BCUT2D eigenvalue weighted by Gasteiger charge is -2.30. The molecule has 1 aliphatic rings. The lowest BCUT2D eigenvalue weighted by Crippen LogP contribution is -2.46. The van der Waals surface area contributed by atoms with Crippen LogP contribution in [-0.4, -0.2) is 54.5 Å². The van der Waals surface area contributed by atoms with Gasteiger partial charge in [-0.3, -0.25) is 9.69 Å². The lowest BCUT2D eigenvalue weighted by molar-refractivity contribution is -0.119. The highest BCUT2D eigenvalue weighted by Crippen LogP contribution is 2.20. The number of hydrogen-bond donors (Lipinski definition) is 2. The van der Waals surface area contributed by atoms with Crippen molar-refractivity contribution in [2.24, 2.45) is 5.73 Å². The summed E-state index contributed by atoms with van der Waals surface area (Å²) in [6.45, 7) is 5.55. The first-order chi connectivity index (χ1) is 7.69. The maximum atomic E-state index is 11.1. The van der Waals surface area contributed by atoms with E-state index in [-0.39, 0.29) is 5.91 Å². The molecule has 0 spiro atoms. The van der Waals surface area contributed by atoms with Crippen LogP contribution in [0.25, 0.3) is 0 Å². The third-order valence-electron chi connectivity index (χ3n) is 3.06. The minimum Gasteiger partial charge on any atom is -0.369 e. The number of carbonyl (C=O) groups is 1. The van der Waals surface area contributed by atoms with Crippen LogP contribution in [0.4, 0.5) is 0 Å². The number of nitrogens with two attached hydrogens (primary N) is 1. The molecule has 16 heavy (non-hydrogen) atoms. The van der Waals surface area contributed by atoms with Crippen LogP contribution < -0.4 is 11.1 Å². The van der Waals surface area contributed by atoms with E-state index in [0.717, 1.165) is 32.5 Å². The average molecular weight is 245 g/mol. The predicted molar refractivity (Wildman–Crippen MR) is 69.6 cm³/mol. The number of rotatable bonds is 7. The highest BCUT2D eigenvalue weighted by molar-refractivity contribution is 7.99. The van der Waals surface area contributed by atoms with Crippen molar-refractivity contribution >= 4 is 17.7 Å². The average Bonchev–Trinajstić information content (AvgIpc) is 2.71. The molecule has 2 atom stereocenters. The Bertz CT molecular complexity index is 225. The second kappa shape index (κ2) is 7.14. The molecule has 5 heteroatoms. The quantitative estimate of drug-likeness (QED) is 0.676. The third kappa shape index (κ3) is 3.96. The molecule has 0 saturated carbocycles. The van der Waals surface area contributed by atoms with E-state index in [4.69, 9.17) is 5.73 Å². The van der Waals surface area contributed by atoms with Crippen molar-refractivity contribution in [1.29, 1.82) is 0 Å². The molecular formula is C11H23N3OS. The highest BCUT2D eigenvalue weighted by Gasteiger charge is 2.31. The SMILES string of the molecule is CCCCN(CC(N)=O)C1CNCC1SC. The summed E-state index contributed by atoms with van der Waals surface area (Å²) in [6.07, 6.45) is 4.41. The second-order valence-electron chi connectivity index (χ2n) is 4.29. The van der Waals surface area contributed by atoms with Gasteiger partial charge in [0.05, 0.1) is 6.54 Å². The van der Waals surface area contributed by atoms with Gasteiger partial charge in [-0.05, 0) is 19.2 Å². The van der Waals surface area contributed by atoms with E-state index in [0.29, 0.717) is 17.8 Å². The molecule has 1 heterocycles. The Morgan fingerprint density at radius 1 is 1.56 bits per heavy atom. The Labute approximate surface area is 102 Å². The topological polar surface area (TPSA) is 58.4 Å². The molecule has 1 aliphatic heterocycles. The molecule has 0 aliphatic carbocycles. The minimum absolute atomic E-state index is 0.220. The van der Waals surface area contributed by atoms with E-state index in [1.54, 1.807) is 0 Å². The van der Waals surface area contributed by atoms with E-state index in [9.17, 15) is 4.79 Å². The van der Waals surface area contributed by atoms with Crippen molar-refractivity contribution in [1.82, 2.24) is 10.2 Å². The number of thioether (sulfide) groups is 1. The molecular weight excluding hydrogens is 222 g/mol. The molecule has 94 valence electrons. The normalized spacial score (nSPS) is 25.2. The molecule has 3 N–H and O–H groups in total. The van der Waals surface area contributed by atoms with Crippen LogP contribution in [-0.2, 0) is 4.79 Å². The zero-order chi connectivity index (χ0) is 12.0. The minimum atomic E-state index is -0.220. The Hall–Kier alpha value is -0.260. The van der Waals surface area contributed by atoms with Gasteiger partial charge in [0.15, 0.2) is 0 Å².